The van der Waals surface area contributed by atoms with Crippen molar-refractivity contribution in [3.8, 4) is 11.3 Å². The molecule has 2 aromatic heterocycles. The Kier molecular flexibility index (Phi) is 6.10. The number of benzene rings is 2. The van der Waals surface area contributed by atoms with Crippen molar-refractivity contribution in [3.63, 3.8) is 0 Å². The summed E-state index contributed by atoms with van der Waals surface area (Å²) >= 11 is 5.75. The van der Waals surface area contributed by atoms with Gasteiger partial charge in [0.15, 0.2) is 5.11 Å². The van der Waals surface area contributed by atoms with Gasteiger partial charge in [-0.15, -0.1) is 0 Å². The quantitative estimate of drug-likeness (QED) is 0.304. The van der Waals surface area contributed by atoms with Gasteiger partial charge in [-0.05, 0) is 54.2 Å². The number of ether oxygens (including phenoxy) is 1. The number of esters is 1. The number of aromatic nitrogens is 1. The third-order valence-electron chi connectivity index (χ3n) is 5.88. The number of pyridine rings is 1. The maximum atomic E-state index is 12.0. The minimum atomic E-state index is -0.386. The van der Waals surface area contributed by atoms with Crippen molar-refractivity contribution in [2.24, 2.45) is 0 Å². The molecule has 4 aromatic rings. The summed E-state index contributed by atoms with van der Waals surface area (Å²) in [7, 11) is 1.37. The van der Waals surface area contributed by atoms with E-state index in [-0.39, 0.29) is 18.1 Å². The summed E-state index contributed by atoms with van der Waals surface area (Å²) in [6.07, 6.45) is 1.78. The van der Waals surface area contributed by atoms with E-state index < -0.39 is 0 Å². The summed E-state index contributed by atoms with van der Waals surface area (Å²) in [6, 6.07) is 26.8. The highest BCUT2D eigenvalue weighted by Gasteiger charge is 2.41. The lowest BCUT2D eigenvalue weighted by Crippen LogP contribution is -2.29. The highest BCUT2D eigenvalue weighted by atomic mass is 32.1. The Labute approximate surface area is 203 Å². The zero-order valence-corrected chi connectivity index (χ0v) is 19.4. The van der Waals surface area contributed by atoms with Crippen LogP contribution in [0.25, 0.3) is 11.3 Å². The lowest BCUT2D eigenvalue weighted by molar-refractivity contribution is 0.0601. The minimum absolute atomic E-state index is 0.169. The van der Waals surface area contributed by atoms with E-state index in [9.17, 15) is 4.79 Å². The van der Waals surface area contributed by atoms with Gasteiger partial charge in [0.1, 0.15) is 17.6 Å². The summed E-state index contributed by atoms with van der Waals surface area (Å²) in [5.74, 6) is 1.04. The molecule has 6 nitrogen and oxygen atoms in total. The second-order valence-corrected chi connectivity index (χ2v) is 8.40. The standard InChI is InChI=1S/C27H23N3O3S/c1-32-26(31)20-11-7-10-19(16-20)22-13-14-23(33-22)25-24(21-12-5-6-15-28-21)29-27(34)30(25)17-18-8-3-2-4-9-18/h2-16,24-25H,17H2,1H3,(H,29,34)/t24-,25+/m1/s1. The summed E-state index contributed by atoms with van der Waals surface area (Å²) in [4.78, 5) is 18.7. The third-order valence-corrected chi connectivity index (χ3v) is 6.23. The second-order valence-electron chi connectivity index (χ2n) is 8.01. The molecular weight excluding hydrogens is 446 g/mol. The average molecular weight is 470 g/mol. The van der Waals surface area contributed by atoms with E-state index in [2.05, 4.69) is 27.3 Å². The van der Waals surface area contributed by atoms with Crippen molar-refractivity contribution in [3.05, 3.63) is 114 Å². The Morgan fingerprint density at radius 1 is 1.06 bits per heavy atom. The first-order chi connectivity index (χ1) is 16.6. The van der Waals surface area contributed by atoms with Gasteiger partial charge in [-0.2, -0.15) is 0 Å². The van der Waals surface area contributed by atoms with Crippen LogP contribution < -0.4 is 5.32 Å². The summed E-state index contributed by atoms with van der Waals surface area (Å²) in [5, 5.41) is 4.09. The number of hydrogen-bond acceptors (Lipinski definition) is 5. The Morgan fingerprint density at radius 3 is 2.65 bits per heavy atom. The van der Waals surface area contributed by atoms with E-state index in [1.165, 1.54) is 7.11 Å². The van der Waals surface area contributed by atoms with Gasteiger partial charge < -0.3 is 19.4 Å². The van der Waals surface area contributed by atoms with Crippen LogP contribution in [0, 0.1) is 0 Å². The fourth-order valence-electron chi connectivity index (χ4n) is 4.25. The summed E-state index contributed by atoms with van der Waals surface area (Å²) in [5.41, 5.74) is 3.30. The zero-order valence-electron chi connectivity index (χ0n) is 18.5. The van der Waals surface area contributed by atoms with Gasteiger partial charge in [0.25, 0.3) is 0 Å². The first-order valence-corrected chi connectivity index (χ1v) is 11.4. The van der Waals surface area contributed by atoms with Crippen LogP contribution in [0.15, 0.2) is 95.5 Å². The van der Waals surface area contributed by atoms with Crippen LogP contribution in [-0.2, 0) is 11.3 Å². The van der Waals surface area contributed by atoms with Crippen LogP contribution in [0.5, 0.6) is 0 Å². The van der Waals surface area contributed by atoms with E-state index in [0.717, 1.165) is 22.6 Å². The molecule has 34 heavy (non-hydrogen) atoms. The smallest absolute Gasteiger partial charge is 0.337 e. The molecule has 1 aliphatic rings. The lowest BCUT2D eigenvalue weighted by Gasteiger charge is -2.26. The predicted molar refractivity (Wildman–Crippen MR) is 133 cm³/mol. The van der Waals surface area contributed by atoms with Crippen molar-refractivity contribution in [1.82, 2.24) is 15.2 Å². The average Bonchev–Trinajstić information content (AvgIpc) is 3.50. The fraction of sp³-hybridized carbons (Fsp3) is 0.148. The number of nitrogens with one attached hydrogen (secondary N) is 1. The molecule has 5 rings (SSSR count). The first kappa shape index (κ1) is 21.9. The van der Waals surface area contributed by atoms with Crippen molar-refractivity contribution >= 4 is 23.3 Å². The molecule has 170 valence electrons. The number of carbonyl (C=O) groups excluding carboxylic acids is 1. The summed E-state index contributed by atoms with van der Waals surface area (Å²) in [6.45, 7) is 0.633. The number of carbonyl (C=O) groups is 1. The van der Waals surface area contributed by atoms with Crippen molar-refractivity contribution in [2.45, 2.75) is 18.6 Å². The highest BCUT2D eigenvalue weighted by Crippen LogP contribution is 2.41. The molecule has 0 aliphatic carbocycles. The van der Waals surface area contributed by atoms with E-state index in [0.29, 0.717) is 23.0 Å². The molecular formula is C27H23N3O3S. The maximum Gasteiger partial charge on any atom is 0.337 e. The Balaban J connectivity index is 1.52. The largest absolute Gasteiger partial charge is 0.465 e. The van der Waals surface area contributed by atoms with Gasteiger partial charge in [0.05, 0.1) is 24.4 Å². The Morgan fingerprint density at radius 2 is 1.88 bits per heavy atom. The van der Waals surface area contributed by atoms with Crippen LogP contribution >= 0.6 is 12.2 Å². The van der Waals surface area contributed by atoms with Gasteiger partial charge in [-0.25, -0.2) is 4.79 Å². The predicted octanol–water partition coefficient (Wildman–Crippen LogP) is 5.30. The third kappa shape index (κ3) is 4.30. The molecule has 1 saturated heterocycles. The molecule has 7 heteroatoms. The van der Waals surface area contributed by atoms with Gasteiger partial charge in [0.2, 0.25) is 0 Å². The lowest BCUT2D eigenvalue weighted by atomic mass is 10.0. The molecule has 0 amide bonds. The minimum Gasteiger partial charge on any atom is -0.465 e. The van der Waals surface area contributed by atoms with E-state index in [1.54, 1.807) is 18.3 Å². The molecule has 1 aliphatic heterocycles. The highest BCUT2D eigenvalue weighted by molar-refractivity contribution is 7.80. The molecule has 0 radical (unpaired) electrons. The molecule has 0 saturated carbocycles. The number of methoxy groups -OCH3 is 1. The monoisotopic (exact) mass is 469 g/mol. The van der Waals surface area contributed by atoms with Crippen molar-refractivity contribution in [1.29, 1.82) is 0 Å². The molecule has 2 atom stereocenters. The Bertz CT molecular complexity index is 1310. The first-order valence-electron chi connectivity index (χ1n) is 10.9. The number of furan rings is 1. The topological polar surface area (TPSA) is 67.6 Å². The van der Waals surface area contributed by atoms with Gasteiger partial charge >= 0.3 is 5.97 Å². The second kappa shape index (κ2) is 9.49. The Hall–Kier alpha value is -3.97. The molecule has 0 spiro atoms. The fourth-order valence-corrected chi connectivity index (χ4v) is 4.55. The normalized spacial score (nSPS) is 17.4. The maximum absolute atomic E-state index is 12.0. The van der Waals surface area contributed by atoms with Crippen LogP contribution in [0.2, 0.25) is 0 Å². The van der Waals surface area contributed by atoms with E-state index in [4.69, 9.17) is 21.4 Å². The van der Waals surface area contributed by atoms with Gasteiger partial charge in [-0.3, -0.25) is 4.98 Å². The van der Waals surface area contributed by atoms with Crippen LogP contribution in [0.3, 0.4) is 0 Å². The van der Waals surface area contributed by atoms with Crippen LogP contribution in [0.4, 0.5) is 0 Å². The van der Waals surface area contributed by atoms with Crippen LogP contribution in [-0.4, -0.2) is 28.1 Å². The van der Waals surface area contributed by atoms with Crippen molar-refractivity contribution < 1.29 is 13.9 Å². The SMILES string of the molecule is COC(=O)c1cccc(-c2ccc([C@H]3[C@@H](c4ccccn4)NC(=S)N3Cc3ccccc3)o2)c1. The van der Waals surface area contributed by atoms with E-state index >= 15 is 0 Å². The number of nitrogens with zero attached hydrogens (tertiary/aromatic N) is 2. The van der Waals surface area contributed by atoms with Gasteiger partial charge in [0, 0.05) is 18.3 Å². The molecule has 0 bridgehead atoms. The number of rotatable bonds is 6. The van der Waals surface area contributed by atoms with Crippen LogP contribution in [0.1, 0.15) is 39.5 Å². The molecule has 0 unspecified atom stereocenters. The number of hydrogen-bond donors (Lipinski definition) is 1. The van der Waals surface area contributed by atoms with Crippen molar-refractivity contribution in [2.75, 3.05) is 7.11 Å². The molecule has 3 heterocycles. The molecule has 1 fully saturated rings. The van der Waals surface area contributed by atoms with E-state index in [1.807, 2.05) is 60.7 Å². The van der Waals surface area contributed by atoms with Gasteiger partial charge in [-0.1, -0.05) is 48.5 Å². The summed E-state index contributed by atoms with van der Waals surface area (Å²) < 4.78 is 11.2. The molecule has 1 N–H and O–H groups in total. The number of thiocarbonyl (C=S) groups is 1. The molecule has 2 aromatic carbocycles. The zero-order chi connectivity index (χ0) is 23.5.